The number of hydrogen-bond donors (Lipinski definition) is 0. The number of benzene rings is 1. The van der Waals surface area contributed by atoms with Crippen molar-refractivity contribution in [2.24, 2.45) is 5.92 Å². The van der Waals surface area contributed by atoms with Gasteiger partial charge < -0.3 is 9.64 Å². The summed E-state index contributed by atoms with van der Waals surface area (Å²) in [5, 5.41) is 3.88. The van der Waals surface area contributed by atoms with E-state index >= 15 is 0 Å². The lowest BCUT2D eigenvalue weighted by atomic mass is 10.1. The Balaban J connectivity index is 1.44. The van der Waals surface area contributed by atoms with Crippen LogP contribution in [0.5, 0.6) is 5.75 Å². The minimum absolute atomic E-state index is 0.169. The Morgan fingerprint density at radius 2 is 2.14 bits per heavy atom. The molecule has 1 saturated heterocycles. The Morgan fingerprint density at radius 3 is 2.90 bits per heavy atom. The van der Waals surface area contributed by atoms with E-state index in [9.17, 15) is 4.79 Å². The summed E-state index contributed by atoms with van der Waals surface area (Å²) in [6.45, 7) is 2.44. The van der Waals surface area contributed by atoms with Gasteiger partial charge in [0.15, 0.2) is 0 Å². The van der Waals surface area contributed by atoms with Gasteiger partial charge in [-0.05, 0) is 42.3 Å². The first-order valence-electron chi connectivity index (χ1n) is 7.32. The van der Waals surface area contributed by atoms with Crippen LogP contribution in [0.3, 0.4) is 0 Å². The van der Waals surface area contributed by atoms with Gasteiger partial charge in [-0.25, -0.2) is 0 Å². The Labute approximate surface area is 129 Å². The van der Waals surface area contributed by atoms with Gasteiger partial charge in [0.25, 0.3) is 5.91 Å². The van der Waals surface area contributed by atoms with E-state index in [0.717, 1.165) is 43.9 Å². The fourth-order valence-corrected chi connectivity index (χ4v) is 3.31. The van der Waals surface area contributed by atoms with Crippen LogP contribution in [0.15, 0.2) is 47.2 Å². The number of amides is 1. The van der Waals surface area contributed by atoms with Gasteiger partial charge in [-0.2, -0.15) is 11.3 Å². The summed E-state index contributed by atoms with van der Waals surface area (Å²) in [5.41, 5.74) is 0.821. The Morgan fingerprint density at radius 1 is 1.29 bits per heavy atom. The van der Waals surface area contributed by atoms with Crippen molar-refractivity contribution >= 4 is 17.2 Å². The van der Waals surface area contributed by atoms with E-state index in [1.54, 1.807) is 11.3 Å². The topological polar surface area (TPSA) is 29.5 Å². The van der Waals surface area contributed by atoms with Crippen LogP contribution in [-0.4, -0.2) is 30.5 Å². The van der Waals surface area contributed by atoms with Crippen molar-refractivity contribution in [1.82, 2.24) is 4.90 Å². The van der Waals surface area contributed by atoms with E-state index < -0.39 is 0 Å². The Hall–Kier alpha value is -1.81. The highest BCUT2D eigenvalue weighted by Gasteiger charge is 2.26. The van der Waals surface area contributed by atoms with E-state index in [2.05, 4.69) is 0 Å². The molecule has 3 rings (SSSR count). The molecule has 3 nitrogen and oxygen atoms in total. The zero-order valence-electron chi connectivity index (χ0n) is 11.9. The fraction of sp³-hybridized carbons (Fsp3) is 0.353. The number of carbonyl (C=O) groups is 1. The lowest BCUT2D eigenvalue weighted by molar-refractivity contribution is 0.0786. The van der Waals surface area contributed by atoms with Gasteiger partial charge in [-0.1, -0.05) is 18.2 Å². The molecule has 1 atom stereocenters. The standard InChI is InChI=1S/C17H19NO2S/c19-17(15-8-11-21-13-15)18-9-6-14(12-18)7-10-20-16-4-2-1-3-5-16/h1-5,8,11,13-14H,6-7,9-10,12H2. The fourth-order valence-electron chi connectivity index (χ4n) is 2.68. The van der Waals surface area contributed by atoms with Crippen molar-refractivity contribution in [3.05, 3.63) is 52.7 Å². The number of nitrogens with zero attached hydrogens (tertiary/aromatic N) is 1. The average molecular weight is 301 g/mol. The summed E-state index contributed by atoms with van der Waals surface area (Å²) < 4.78 is 5.73. The lowest BCUT2D eigenvalue weighted by Gasteiger charge is -2.16. The van der Waals surface area contributed by atoms with E-state index in [1.165, 1.54) is 0 Å². The van der Waals surface area contributed by atoms with Crippen LogP contribution in [0, 0.1) is 5.92 Å². The quantitative estimate of drug-likeness (QED) is 0.843. The molecule has 0 N–H and O–H groups in total. The number of rotatable bonds is 5. The predicted octanol–water partition coefficient (Wildman–Crippen LogP) is 3.68. The third-order valence-corrected chi connectivity index (χ3v) is 4.56. The van der Waals surface area contributed by atoms with Gasteiger partial charge in [-0.3, -0.25) is 4.79 Å². The van der Waals surface area contributed by atoms with Gasteiger partial charge in [0, 0.05) is 18.5 Å². The molecule has 1 aromatic carbocycles. The first-order valence-corrected chi connectivity index (χ1v) is 8.26. The van der Waals surface area contributed by atoms with Crippen molar-refractivity contribution in [3.63, 3.8) is 0 Å². The van der Waals surface area contributed by atoms with Crippen molar-refractivity contribution in [2.75, 3.05) is 19.7 Å². The molecule has 1 unspecified atom stereocenters. The molecular formula is C17H19NO2S. The maximum absolute atomic E-state index is 12.3. The maximum atomic E-state index is 12.3. The minimum atomic E-state index is 0.169. The van der Waals surface area contributed by atoms with Crippen molar-refractivity contribution in [2.45, 2.75) is 12.8 Å². The molecule has 2 heterocycles. The first-order chi connectivity index (χ1) is 10.3. The molecule has 1 amide bonds. The molecule has 0 spiro atoms. The highest BCUT2D eigenvalue weighted by Crippen LogP contribution is 2.22. The first kappa shape index (κ1) is 14.1. The van der Waals surface area contributed by atoms with Crippen LogP contribution in [-0.2, 0) is 0 Å². The summed E-state index contributed by atoms with van der Waals surface area (Å²) in [5.74, 6) is 1.64. The maximum Gasteiger partial charge on any atom is 0.254 e. The number of carbonyl (C=O) groups excluding carboxylic acids is 1. The van der Waals surface area contributed by atoms with E-state index in [0.29, 0.717) is 5.92 Å². The van der Waals surface area contributed by atoms with Gasteiger partial charge in [0.05, 0.1) is 12.2 Å². The van der Waals surface area contributed by atoms with Crippen LogP contribution in [0.2, 0.25) is 0 Å². The second-order valence-electron chi connectivity index (χ2n) is 5.37. The van der Waals surface area contributed by atoms with Crippen molar-refractivity contribution < 1.29 is 9.53 Å². The van der Waals surface area contributed by atoms with Gasteiger partial charge >= 0.3 is 0 Å². The second kappa shape index (κ2) is 6.76. The van der Waals surface area contributed by atoms with E-state index in [1.807, 2.05) is 52.1 Å². The number of thiophene rings is 1. The van der Waals surface area contributed by atoms with Gasteiger partial charge in [0.1, 0.15) is 5.75 Å². The molecule has 0 bridgehead atoms. The van der Waals surface area contributed by atoms with Gasteiger partial charge in [0.2, 0.25) is 0 Å². The normalized spacial score (nSPS) is 17.9. The Kier molecular flexibility index (Phi) is 4.55. The molecule has 4 heteroatoms. The van der Waals surface area contributed by atoms with E-state index in [4.69, 9.17) is 4.74 Å². The van der Waals surface area contributed by atoms with Crippen LogP contribution < -0.4 is 4.74 Å². The summed E-state index contributed by atoms with van der Waals surface area (Å²) in [6, 6.07) is 11.8. The zero-order valence-corrected chi connectivity index (χ0v) is 12.7. The smallest absolute Gasteiger partial charge is 0.254 e. The molecule has 1 aliphatic rings. The molecule has 1 aliphatic heterocycles. The third kappa shape index (κ3) is 3.64. The predicted molar refractivity (Wildman–Crippen MR) is 84.9 cm³/mol. The molecule has 0 saturated carbocycles. The minimum Gasteiger partial charge on any atom is -0.494 e. The molecular weight excluding hydrogens is 282 g/mol. The molecule has 2 aromatic rings. The lowest BCUT2D eigenvalue weighted by Crippen LogP contribution is -2.28. The van der Waals surface area contributed by atoms with Crippen molar-refractivity contribution in [3.8, 4) is 5.75 Å². The number of likely N-dealkylation sites (tertiary alicyclic amines) is 1. The van der Waals surface area contributed by atoms with Crippen LogP contribution >= 0.6 is 11.3 Å². The molecule has 110 valence electrons. The third-order valence-electron chi connectivity index (χ3n) is 3.88. The SMILES string of the molecule is O=C(c1ccsc1)N1CCC(CCOc2ccccc2)C1. The highest BCUT2D eigenvalue weighted by molar-refractivity contribution is 7.08. The number of ether oxygens (including phenoxy) is 1. The largest absolute Gasteiger partial charge is 0.494 e. The monoisotopic (exact) mass is 301 g/mol. The molecule has 0 radical (unpaired) electrons. The Bertz CT molecular complexity index is 568. The zero-order chi connectivity index (χ0) is 14.5. The van der Waals surface area contributed by atoms with E-state index in [-0.39, 0.29) is 5.91 Å². The van der Waals surface area contributed by atoms with Crippen LogP contribution in [0.4, 0.5) is 0 Å². The molecule has 21 heavy (non-hydrogen) atoms. The summed E-state index contributed by atoms with van der Waals surface area (Å²) in [4.78, 5) is 14.2. The van der Waals surface area contributed by atoms with Crippen LogP contribution in [0.25, 0.3) is 0 Å². The van der Waals surface area contributed by atoms with Gasteiger partial charge in [-0.15, -0.1) is 0 Å². The second-order valence-corrected chi connectivity index (χ2v) is 6.15. The summed E-state index contributed by atoms with van der Waals surface area (Å²) >= 11 is 1.57. The van der Waals surface area contributed by atoms with Crippen molar-refractivity contribution in [1.29, 1.82) is 0 Å². The molecule has 1 aromatic heterocycles. The highest BCUT2D eigenvalue weighted by atomic mass is 32.1. The number of para-hydroxylation sites is 1. The molecule has 1 fully saturated rings. The summed E-state index contributed by atoms with van der Waals surface area (Å²) in [6.07, 6.45) is 2.08. The molecule has 0 aliphatic carbocycles. The van der Waals surface area contributed by atoms with Crippen LogP contribution in [0.1, 0.15) is 23.2 Å². The number of hydrogen-bond acceptors (Lipinski definition) is 3. The summed E-state index contributed by atoms with van der Waals surface area (Å²) in [7, 11) is 0. The average Bonchev–Trinajstić information content (AvgIpc) is 3.19.